The summed E-state index contributed by atoms with van der Waals surface area (Å²) >= 11 is 12.0. The van der Waals surface area contributed by atoms with E-state index in [1.165, 1.54) is 0 Å². The molecule has 0 aliphatic carbocycles. The first-order chi connectivity index (χ1) is 10.2. The third-order valence-electron chi connectivity index (χ3n) is 3.32. The number of carbonyl (C=O) groups is 1. The van der Waals surface area contributed by atoms with Crippen LogP contribution >= 0.6 is 23.2 Å². The summed E-state index contributed by atoms with van der Waals surface area (Å²) in [7, 11) is 0. The van der Waals surface area contributed by atoms with E-state index in [-0.39, 0.29) is 12.3 Å². The van der Waals surface area contributed by atoms with Crippen LogP contribution in [0.1, 0.15) is 34.6 Å². The number of amides is 1. The summed E-state index contributed by atoms with van der Waals surface area (Å²) < 4.78 is 5.25. The van der Waals surface area contributed by atoms with Gasteiger partial charge in [-0.2, -0.15) is 0 Å². The average molecular weight is 343 g/mol. The number of aliphatic hydroxyl groups is 1. The molecule has 0 spiro atoms. The topological polar surface area (TPSA) is 75.4 Å². The lowest BCUT2D eigenvalue weighted by atomic mass is 9.92. The molecular formula is C15H16Cl2N2O3. The van der Waals surface area contributed by atoms with Crippen molar-refractivity contribution in [1.82, 2.24) is 10.3 Å². The molecule has 5 nitrogen and oxygen atoms in total. The van der Waals surface area contributed by atoms with Crippen LogP contribution < -0.4 is 5.32 Å². The molecule has 1 amide bonds. The maximum Gasteiger partial charge on any atom is 0.274 e. The third-order valence-corrected chi connectivity index (χ3v) is 3.76. The number of hydrogen-bond acceptors (Lipinski definition) is 4. The Morgan fingerprint density at radius 2 is 1.91 bits per heavy atom. The highest BCUT2D eigenvalue weighted by Crippen LogP contribution is 2.28. The van der Waals surface area contributed by atoms with Gasteiger partial charge in [-0.25, -0.2) is 4.98 Å². The van der Waals surface area contributed by atoms with Crippen molar-refractivity contribution in [3.8, 4) is 0 Å². The van der Waals surface area contributed by atoms with Crippen LogP contribution in [-0.2, 0) is 5.54 Å². The number of aromatic nitrogens is 1. The lowest BCUT2D eigenvalue weighted by Gasteiger charge is -2.29. The third kappa shape index (κ3) is 3.43. The van der Waals surface area contributed by atoms with E-state index in [9.17, 15) is 9.90 Å². The first-order valence-corrected chi connectivity index (χ1v) is 7.35. The van der Waals surface area contributed by atoms with E-state index in [1.807, 2.05) is 0 Å². The fraction of sp³-hybridized carbons (Fsp3) is 0.333. The molecule has 2 aromatic rings. The zero-order chi connectivity index (χ0) is 16.5. The average Bonchev–Trinajstić information content (AvgIpc) is 2.76. The standard InChI is InChI=1S/C15H16Cl2N2O3/c1-8-13(18-9(2)22-8)14(21)19-15(3,7-20)10-4-11(16)6-12(17)5-10/h4-6,20H,7H2,1-3H3,(H,19,21). The van der Waals surface area contributed by atoms with Crippen molar-refractivity contribution in [2.75, 3.05) is 6.61 Å². The fourth-order valence-corrected chi connectivity index (χ4v) is 2.65. The fourth-order valence-electron chi connectivity index (χ4n) is 2.12. The smallest absolute Gasteiger partial charge is 0.274 e. The molecule has 1 aromatic heterocycles. The first-order valence-electron chi connectivity index (χ1n) is 6.59. The van der Waals surface area contributed by atoms with Gasteiger partial charge in [0.25, 0.3) is 5.91 Å². The molecule has 0 aliphatic rings. The molecule has 1 atom stereocenters. The van der Waals surface area contributed by atoms with Gasteiger partial charge in [-0.3, -0.25) is 4.79 Å². The van der Waals surface area contributed by atoms with E-state index in [0.717, 1.165) is 0 Å². The molecule has 1 unspecified atom stereocenters. The number of halogens is 2. The molecule has 0 saturated carbocycles. The SMILES string of the molecule is Cc1nc(C(=O)NC(C)(CO)c2cc(Cl)cc(Cl)c2)c(C)o1. The molecule has 1 aromatic carbocycles. The molecule has 0 aliphatic heterocycles. The summed E-state index contributed by atoms with van der Waals surface area (Å²) in [5.74, 6) is 0.376. The number of rotatable bonds is 4. The molecule has 2 N–H and O–H groups in total. The van der Waals surface area contributed by atoms with Crippen LogP contribution in [0, 0.1) is 13.8 Å². The van der Waals surface area contributed by atoms with Gasteiger partial charge >= 0.3 is 0 Å². The van der Waals surface area contributed by atoms with Crippen molar-refractivity contribution in [1.29, 1.82) is 0 Å². The molecule has 0 radical (unpaired) electrons. The highest BCUT2D eigenvalue weighted by molar-refractivity contribution is 6.34. The van der Waals surface area contributed by atoms with Gasteiger partial charge in [-0.15, -0.1) is 0 Å². The van der Waals surface area contributed by atoms with E-state index >= 15 is 0 Å². The molecule has 0 bridgehead atoms. The van der Waals surface area contributed by atoms with Gasteiger partial charge in [0.1, 0.15) is 5.76 Å². The summed E-state index contributed by atoms with van der Waals surface area (Å²) in [6, 6.07) is 4.87. The summed E-state index contributed by atoms with van der Waals surface area (Å²) in [4.78, 5) is 16.4. The Hall–Kier alpha value is -1.56. The van der Waals surface area contributed by atoms with Gasteiger partial charge in [-0.05, 0) is 37.6 Å². The van der Waals surface area contributed by atoms with Gasteiger partial charge < -0.3 is 14.8 Å². The van der Waals surface area contributed by atoms with Crippen molar-refractivity contribution in [2.45, 2.75) is 26.3 Å². The number of hydrogen-bond donors (Lipinski definition) is 2. The lowest BCUT2D eigenvalue weighted by Crippen LogP contribution is -2.46. The van der Waals surface area contributed by atoms with Crippen LogP contribution in [0.3, 0.4) is 0 Å². The number of aliphatic hydroxyl groups excluding tert-OH is 1. The Morgan fingerprint density at radius 3 is 2.36 bits per heavy atom. The van der Waals surface area contributed by atoms with E-state index in [1.54, 1.807) is 39.0 Å². The highest BCUT2D eigenvalue weighted by atomic mass is 35.5. The Bertz CT molecular complexity index is 695. The van der Waals surface area contributed by atoms with Crippen LogP contribution in [0.2, 0.25) is 10.0 Å². The van der Waals surface area contributed by atoms with Crippen LogP contribution in [0.25, 0.3) is 0 Å². The van der Waals surface area contributed by atoms with Crippen molar-refractivity contribution >= 4 is 29.1 Å². The predicted molar refractivity (Wildman–Crippen MR) is 84.3 cm³/mol. The van der Waals surface area contributed by atoms with E-state index in [0.29, 0.717) is 27.3 Å². The number of aryl methyl sites for hydroxylation is 2. The predicted octanol–water partition coefficient (Wildman–Crippen LogP) is 3.24. The lowest BCUT2D eigenvalue weighted by molar-refractivity contribution is 0.0843. The Kier molecular flexibility index (Phi) is 4.80. The van der Waals surface area contributed by atoms with Crippen molar-refractivity contribution in [3.63, 3.8) is 0 Å². The Balaban J connectivity index is 2.34. The van der Waals surface area contributed by atoms with Crippen LogP contribution in [0.4, 0.5) is 0 Å². The minimum Gasteiger partial charge on any atom is -0.445 e. The monoisotopic (exact) mass is 342 g/mol. The van der Waals surface area contributed by atoms with Crippen molar-refractivity contribution in [3.05, 3.63) is 51.2 Å². The maximum absolute atomic E-state index is 12.4. The Labute approximate surface area is 138 Å². The van der Waals surface area contributed by atoms with Gasteiger partial charge in [-0.1, -0.05) is 23.2 Å². The number of carbonyl (C=O) groups excluding carboxylic acids is 1. The maximum atomic E-state index is 12.4. The summed E-state index contributed by atoms with van der Waals surface area (Å²) in [6.07, 6.45) is 0. The molecule has 0 fully saturated rings. The minimum atomic E-state index is -1.05. The molecule has 2 rings (SSSR count). The van der Waals surface area contributed by atoms with Gasteiger partial charge in [0, 0.05) is 17.0 Å². The molecular weight excluding hydrogens is 327 g/mol. The number of nitrogens with zero attached hydrogens (tertiary/aromatic N) is 1. The van der Waals surface area contributed by atoms with Crippen LogP contribution in [0.15, 0.2) is 22.6 Å². The van der Waals surface area contributed by atoms with Crippen LogP contribution in [-0.4, -0.2) is 22.6 Å². The summed E-state index contributed by atoms with van der Waals surface area (Å²) in [5.41, 5.74) is -0.269. The van der Waals surface area contributed by atoms with Gasteiger partial charge in [0.15, 0.2) is 11.6 Å². The second-order valence-corrected chi connectivity index (χ2v) is 6.11. The normalized spacial score (nSPS) is 13.7. The molecule has 118 valence electrons. The van der Waals surface area contributed by atoms with Crippen molar-refractivity contribution in [2.24, 2.45) is 0 Å². The quantitative estimate of drug-likeness (QED) is 0.894. The molecule has 7 heteroatoms. The Morgan fingerprint density at radius 1 is 1.32 bits per heavy atom. The minimum absolute atomic E-state index is 0.185. The first kappa shape index (κ1) is 16.8. The zero-order valence-electron chi connectivity index (χ0n) is 12.4. The van der Waals surface area contributed by atoms with Gasteiger partial charge in [0.05, 0.1) is 12.1 Å². The second-order valence-electron chi connectivity index (χ2n) is 5.24. The largest absolute Gasteiger partial charge is 0.445 e. The zero-order valence-corrected chi connectivity index (χ0v) is 13.9. The second kappa shape index (κ2) is 6.28. The number of oxazole rings is 1. The number of benzene rings is 1. The van der Waals surface area contributed by atoms with E-state index < -0.39 is 11.4 Å². The molecule has 0 saturated heterocycles. The van der Waals surface area contributed by atoms with Crippen LogP contribution in [0.5, 0.6) is 0 Å². The number of nitrogens with one attached hydrogen (secondary N) is 1. The van der Waals surface area contributed by atoms with Gasteiger partial charge in [0.2, 0.25) is 0 Å². The molecule has 22 heavy (non-hydrogen) atoms. The summed E-state index contributed by atoms with van der Waals surface area (Å²) in [5, 5.41) is 13.3. The molecule has 1 heterocycles. The van der Waals surface area contributed by atoms with E-state index in [4.69, 9.17) is 27.6 Å². The van der Waals surface area contributed by atoms with E-state index in [2.05, 4.69) is 10.3 Å². The highest BCUT2D eigenvalue weighted by Gasteiger charge is 2.30. The van der Waals surface area contributed by atoms with Crippen molar-refractivity contribution < 1.29 is 14.3 Å². The summed E-state index contributed by atoms with van der Waals surface area (Å²) in [6.45, 7) is 4.66.